The molecule has 0 radical (unpaired) electrons. The van der Waals surface area contributed by atoms with Crippen LogP contribution in [0.5, 0.6) is 0 Å². The van der Waals surface area contributed by atoms with Crippen molar-refractivity contribution in [2.75, 3.05) is 19.7 Å². The molecule has 1 fully saturated rings. The summed E-state index contributed by atoms with van der Waals surface area (Å²) < 4.78 is 10.3. The van der Waals surface area contributed by atoms with E-state index < -0.39 is 0 Å². The van der Waals surface area contributed by atoms with E-state index in [4.69, 9.17) is 4.74 Å². The summed E-state index contributed by atoms with van der Waals surface area (Å²) >= 11 is 3.46. The van der Waals surface area contributed by atoms with Crippen LogP contribution in [0.4, 0.5) is 0 Å². The molecule has 1 aliphatic rings. The average molecular weight is 468 g/mol. The Kier molecular flexibility index (Phi) is 4.80. The second-order valence-electron chi connectivity index (χ2n) is 7.03. The molecule has 0 saturated carbocycles. The number of carbonyl (C=O) groups excluding carboxylic acids is 1. The lowest BCUT2D eigenvalue weighted by molar-refractivity contribution is -0.0259. The van der Waals surface area contributed by atoms with E-state index in [-0.39, 0.29) is 12.0 Å². The highest BCUT2D eigenvalue weighted by atomic mass is 79.9. The number of rotatable bonds is 3. The third-order valence-electron chi connectivity index (χ3n) is 4.97. The Morgan fingerprint density at radius 2 is 2.17 bits per heavy atom. The van der Waals surface area contributed by atoms with Crippen molar-refractivity contribution < 1.29 is 9.53 Å². The van der Waals surface area contributed by atoms with Gasteiger partial charge in [-0.05, 0) is 37.3 Å². The Morgan fingerprint density at radius 1 is 1.27 bits per heavy atom. The van der Waals surface area contributed by atoms with Gasteiger partial charge in [-0.15, -0.1) is 0 Å². The highest BCUT2D eigenvalue weighted by molar-refractivity contribution is 9.10. The van der Waals surface area contributed by atoms with Crippen LogP contribution >= 0.6 is 15.9 Å². The van der Waals surface area contributed by atoms with E-state index in [2.05, 4.69) is 36.1 Å². The number of morpholine rings is 1. The van der Waals surface area contributed by atoms with E-state index in [1.165, 1.54) is 6.33 Å². The van der Waals surface area contributed by atoms with Crippen molar-refractivity contribution in [1.82, 2.24) is 34.3 Å². The number of aryl methyl sites for hydroxylation is 1. The molecule has 9 nitrogen and oxygen atoms in total. The van der Waals surface area contributed by atoms with Crippen LogP contribution in [0.2, 0.25) is 0 Å². The minimum Gasteiger partial charge on any atom is -0.368 e. The first-order valence-electron chi connectivity index (χ1n) is 9.48. The molecule has 5 rings (SSSR count). The fourth-order valence-electron chi connectivity index (χ4n) is 3.56. The van der Waals surface area contributed by atoms with E-state index in [0.717, 1.165) is 21.5 Å². The lowest BCUT2D eigenvalue weighted by Crippen LogP contribution is -2.43. The summed E-state index contributed by atoms with van der Waals surface area (Å²) in [5.41, 5.74) is 2.93. The molecule has 3 aromatic heterocycles. The largest absolute Gasteiger partial charge is 0.368 e. The SMILES string of the molecule is Cc1cc(C2CN(C(=O)c3ccn(-c4cccc(Br)c4)n3)CCO2)n2ncnc2n1. The van der Waals surface area contributed by atoms with E-state index in [1.807, 2.05) is 37.3 Å². The van der Waals surface area contributed by atoms with Crippen molar-refractivity contribution in [3.8, 4) is 5.69 Å². The molecule has 0 N–H and O–H groups in total. The maximum atomic E-state index is 13.1. The quantitative estimate of drug-likeness (QED) is 0.459. The van der Waals surface area contributed by atoms with E-state index in [0.29, 0.717) is 31.2 Å². The Labute approximate surface area is 180 Å². The molecule has 1 atom stereocenters. The summed E-state index contributed by atoms with van der Waals surface area (Å²) in [4.78, 5) is 23.4. The zero-order chi connectivity index (χ0) is 20.7. The van der Waals surface area contributed by atoms with Gasteiger partial charge in [-0.2, -0.15) is 19.7 Å². The summed E-state index contributed by atoms with van der Waals surface area (Å²) in [6.45, 7) is 3.24. The second kappa shape index (κ2) is 7.62. The van der Waals surface area contributed by atoms with Gasteiger partial charge in [-0.25, -0.2) is 9.67 Å². The minimum atomic E-state index is -0.319. The molecule has 0 spiro atoms. The van der Waals surface area contributed by atoms with Crippen LogP contribution < -0.4 is 0 Å². The predicted octanol–water partition coefficient (Wildman–Crippen LogP) is 2.59. The third kappa shape index (κ3) is 3.48. The zero-order valence-corrected chi connectivity index (χ0v) is 17.7. The number of carbonyl (C=O) groups is 1. The van der Waals surface area contributed by atoms with E-state index in [9.17, 15) is 4.79 Å². The predicted molar refractivity (Wildman–Crippen MR) is 111 cm³/mol. The smallest absolute Gasteiger partial charge is 0.274 e. The highest BCUT2D eigenvalue weighted by Gasteiger charge is 2.29. The van der Waals surface area contributed by atoms with Crippen molar-refractivity contribution >= 4 is 27.6 Å². The molecule has 1 amide bonds. The summed E-state index contributed by atoms with van der Waals surface area (Å²) in [5.74, 6) is 0.391. The molecule has 4 heterocycles. The Balaban J connectivity index is 1.38. The molecular weight excluding hydrogens is 450 g/mol. The molecule has 0 aliphatic carbocycles. The van der Waals surface area contributed by atoms with Gasteiger partial charge in [0.15, 0.2) is 5.69 Å². The number of benzene rings is 1. The Hall–Kier alpha value is -3.11. The van der Waals surface area contributed by atoms with Gasteiger partial charge < -0.3 is 9.64 Å². The summed E-state index contributed by atoms with van der Waals surface area (Å²) in [6, 6.07) is 11.4. The van der Waals surface area contributed by atoms with Gasteiger partial charge in [-0.1, -0.05) is 22.0 Å². The number of hydrogen-bond donors (Lipinski definition) is 0. The molecule has 152 valence electrons. The number of aromatic nitrogens is 6. The van der Waals surface area contributed by atoms with Gasteiger partial charge in [0, 0.05) is 22.9 Å². The number of nitrogens with zero attached hydrogens (tertiary/aromatic N) is 7. The lowest BCUT2D eigenvalue weighted by Gasteiger charge is -2.32. The topological polar surface area (TPSA) is 90.4 Å². The first kappa shape index (κ1) is 18.9. The van der Waals surface area contributed by atoms with Crippen LogP contribution in [0.3, 0.4) is 0 Å². The second-order valence-corrected chi connectivity index (χ2v) is 7.95. The zero-order valence-electron chi connectivity index (χ0n) is 16.1. The molecule has 30 heavy (non-hydrogen) atoms. The standard InChI is InChI=1S/C20H18BrN7O2/c1-13-9-17(28-20(24-13)22-12-23-28)18-11-26(7-8-30-18)19(29)16-5-6-27(25-16)15-4-2-3-14(21)10-15/h2-6,9-10,12,18H,7-8,11H2,1H3. The summed E-state index contributed by atoms with van der Waals surface area (Å²) in [6.07, 6.45) is 2.93. The van der Waals surface area contributed by atoms with Crippen LogP contribution in [0.1, 0.15) is 28.0 Å². The van der Waals surface area contributed by atoms with Crippen LogP contribution in [-0.2, 0) is 4.74 Å². The Bertz CT molecular complexity index is 1230. The molecule has 0 bridgehead atoms. The van der Waals surface area contributed by atoms with Crippen molar-refractivity contribution in [1.29, 1.82) is 0 Å². The van der Waals surface area contributed by atoms with Gasteiger partial charge in [-0.3, -0.25) is 4.79 Å². The minimum absolute atomic E-state index is 0.127. The molecule has 10 heteroatoms. The molecule has 1 unspecified atom stereocenters. The van der Waals surface area contributed by atoms with Crippen molar-refractivity contribution in [3.05, 3.63) is 70.5 Å². The summed E-state index contributed by atoms with van der Waals surface area (Å²) in [5, 5.41) is 8.72. The highest BCUT2D eigenvalue weighted by Crippen LogP contribution is 2.24. The first-order valence-corrected chi connectivity index (χ1v) is 10.3. The molecule has 1 saturated heterocycles. The van der Waals surface area contributed by atoms with Crippen LogP contribution in [0, 0.1) is 6.92 Å². The van der Waals surface area contributed by atoms with Crippen molar-refractivity contribution in [3.63, 3.8) is 0 Å². The lowest BCUT2D eigenvalue weighted by atomic mass is 10.1. The molecule has 4 aromatic rings. The maximum absolute atomic E-state index is 13.1. The van der Waals surface area contributed by atoms with Crippen LogP contribution in [0.25, 0.3) is 11.5 Å². The number of halogens is 1. The van der Waals surface area contributed by atoms with Gasteiger partial charge in [0.2, 0.25) is 0 Å². The van der Waals surface area contributed by atoms with Gasteiger partial charge >= 0.3 is 0 Å². The number of amides is 1. The molecule has 1 aliphatic heterocycles. The average Bonchev–Trinajstić information content (AvgIpc) is 3.42. The van der Waals surface area contributed by atoms with Crippen LogP contribution in [0.15, 0.2) is 53.4 Å². The van der Waals surface area contributed by atoms with Crippen molar-refractivity contribution in [2.45, 2.75) is 13.0 Å². The fourth-order valence-corrected chi connectivity index (χ4v) is 3.95. The molecule has 1 aromatic carbocycles. The summed E-state index contributed by atoms with van der Waals surface area (Å²) in [7, 11) is 0. The Morgan fingerprint density at radius 3 is 3.03 bits per heavy atom. The monoisotopic (exact) mass is 467 g/mol. The van der Waals surface area contributed by atoms with Gasteiger partial charge in [0.05, 0.1) is 24.5 Å². The van der Waals surface area contributed by atoms with E-state index in [1.54, 1.807) is 26.4 Å². The van der Waals surface area contributed by atoms with Gasteiger partial charge in [0.25, 0.3) is 11.7 Å². The maximum Gasteiger partial charge on any atom is 0.274 e. The number of fused-ring (bicyclic) bond motifs is 1. The molecular formula is C20H18BrN7O2. The van der Waals surface area contributed by atoms with E-state index >= 15 is 0 Å². The number of hydrogen-bond acceptors (Lipinski definition) is 6. The number of ether oxygens (including phenoxy) is 1. The fraction of sp³-hybridized carbons (Fsp3) is 0.250. The van der Waals surface area contributed by atoms with Crippen LogP contribution in [-0.4, -0.2) is 59.9 Å². The first-order chi connectivity index (χ1) is 14.6. The third-order valence-corrected chi connectivity index (χ3v) is 5.47. The van der Waals surface area contributed by atoms with Gasteiger partial charge in [0.1, 0.15) is 12.4 Å². The van der Waals surface area contributed by atoms with Crippen molar-refractivity contribution in [2.24, 2.45) is 0 Å². The normalized spacial score (nSPS) is 16.9.